The fraction of sp³-hybridized carbons (Fsp3) is 0.278. The summed E-state index contributed by atoms with van der Waals surface area (Å²) in [7, 11) is 1.56. The average molecular weight is 418 g/mol. The minimum absolute atomic E-state index is 0.204. The molecule has 10 heteroatoms. The number of hydrogen-bond acceptors (Lipinski definition) is 8. The van der Waals surface area contributed by atoms with E-state index in [9.17, 15) is 9.59 Å². The zero-order valence-electron chi connectivity index (χ0n) is 15.6. The second-order valence-corrected chi connectivity index (χ2v) is 8.19. The molecule has 8 nitrogen and oxygen atoms in total. The molecule has 3 rings (SSSR count). The molecule has 0 saturated carbocycles. The van der Waals surface area contributed by atoms with E-state index in [1.165, 1.54) is 22.7 Å². The van der Waals surface area contributed by atoms with Crippen molar-refractivity contribution in [1.82, 2.24) is 15.2 Å². The number of carbonyl (C=O) groups excluding carboxylic acids is 2. The first-order valence-corrected chi connectivity index (χ1v) is 10.2. The van der Waals surface area contributed by atoms with Gasteiger partial charge in [0.2, 0.25) is 5.13 Å². The highest BCUT2D eigenvalue weighted by Gasteiger charge is 2.16. The molecule has 2 aromatic heterocycles. The van der Waals surface area contributed by atoms with Crippen molar-refractivity contribution in [2.75, 3.05) is 17.7 Å². The van der Waals surface area contributed by atoms with Gasteiger partial charge in [0.1, 0.15) is 16.5 Å². The molecule has 0 spiro atoms. The molecular formula is C18H19N5O3S2. The predicted molar refractivity (Wildman–Crippen MR) is 109 cm³/mol. The molecule has 0 radical (unpaired) electrons. The lowest BCUT2D eigenvalue weighted by molar-refractivity contribution is 0.101. The van der Waals surface area contributed by atoms with Crippen LogP contribution in [0.1, 0.15) is 39.7 Å². The van der Waals surface area contributed by atoms with Gasteiger partial charge in [-0.3, -0.25) is 20.2 Å². The van der Waals surface area contributed by atoms with Crippen molar-refractivity contribution < 1.29 is 14.3 Å². The van der Waals surface area contributed by atoms with Crippen LogP contribution in [-0.4, -0.2) is 34.1 Å². The van der Waals surface area contributed by atoms with E-state index in [4.69, 9.17) is 4.74 Å². The van der Waals surface area contributed by atoms with Gasteiger partial charge in [0.15, 0.2) is 5.13 Å². The monoisotopic (exact) mass is 417 g/mol. The van der Waals surface area contributed by atoms with Gasteiger partial charge in [-0.2, -0.15) is 0 Å². The molecular weight excluding hydrogens is 398 g/mol. The van der Waals surface area contributed by atoms with Crippen LogP contribution >= 0.6 is 22.7 Å². The number of aromatic nitrogens is 3. The Kier molecular flexibility index (Phi) is 6.32. The van der Waals surface area contributed by atoms with Crippen molar-refractivity contribution in [3.05, 3.63) is 45.9 Å². The molecule has 2 heterocycles. The summed E-state index contributed by atoms with van der Waals surface area (Å²) in [6.45, 7) is 4.19. The molecule has 28 heavy (non-hydrogen) atoms. The van der Waals surface area contributed by atoms with Crippen LogP contribution < -0.4 is 15.4 Å². The van der Waals surface area contributed by atoms with Crippen LogP contribution in [0.2, 0.25) is 0 Å². The summed E-state index contributed by atoms with van der Waals surface area (Å²) in [6, 6.07) is 6.70. The van der Waals surface area contributed by atoms with Crippen molar-refractivity contribution in [3.63, 3.8) is 0 Å². The van der Waals surface area contributed by atoms with E-state index in [0.29, 0.717) is 27.5 Å². The lowest BCUT2D eigenvalue weighted by Gasteiger charge is -2.03. The molecule has 146 valence electrons. The molecule has 0 aliphatic carbocycles. The molecule has 2 amide bonds. The number of anilines is 2. The number of thiazole rings is 1. The van der Waals surface area contributed by atoms with Gasteiger partial charge in [-0.1, -0.05) is 25.2 Å². The number of amides is 2. The van der Waals surface area contributed by atoms with E-state index in [1.54, 1.807) is 36.8 Å². The third-order valence-corrected chi connectivity index (χ3v) is 5.20. The minimum Gasteiger partial charge on any atom is -0.497 e. The highest BCUT2D eigenvalue weighted by Crippen LogP contribution is 2.21. The molecule has 0 aliphatic rings. The van der Waals surface area contributed by atoms with Crippen LogP contribution in [0.4, 0.5) is 10.3 Å². The summed E-state index contributed by atoms with van der Waals surface area (Å²) in [6.07, 6.45) is 0.811. The Morgan fingerprint density at radius 1 is 1.07 bits per heavy atom. The molecule has 0 unspecified atom stereocenters. The van der Waals surface area contributed by atoms with Crippen LogP contribution in [0.3, 0.4) is 0 Å². The quantitative estimate of drug-likeness (QED) is 0.607. The van der Waals surface area contributed by atoms with Crippen molar-refractivity contribution in [2.45, 2.75) is 20.3 Å². The highest BCUT2D eigenvalue weighted by molar-refractivity contribution is 7.15. The van der Waals surface area contributed by atoms with Crippen molar-refractivity contribution in [2.24, 2.45) is 5.92 Å². The van der Waals surface area contributed by atoms with Crippen LogP contribution in [0.5, 0.6) is 5.75 Å². The summed E-state index contributed by atoms with van der Waals surface area (Å²) in [5, 5.41) is 16.6. The Balaban J connectivity index is 1.60. The molecule has 0 saturated heterocycles. The molecule has 0 bridgehead atoms. The van der Waals surface area contributed by atoms with E-state index in [2.05, 4.69) is 39.7 Å². The largest absolute Gasteiger partial charge is 0.497 e. The third kappa shape index (κ3) is 5.11. The number of ether oxygens (including phenoxy) is 1. The molecule has 2 N–H and O–H groups in total. The Bertz CT molecular complexity index is 966. The smallest absolute Gasteiger partial charge is 0.277 e. The maximum absolute atomic E-state index is 12.3. The highest BCUT2D eigenvalue weighted by atomic mass is 32.1. The molecule has 0 aliphatic heterocycles. The van der Waals surface area contributed by atoms with Crippen LogP contribution in [0.25, 0.3) is 0 Å². The van der Waals surface area contributed by atoms with E-state index < -0.39 is 5.91 Å². The number of benzene rings is 1. The predicted octanol–water partition coefficient (Wildman–Crippen LogP) is 3.71. The Morgan fingerprint density at radius 2 is 1.79 bits per heavy atom. The topological polar surface area (TPSA) is 106 Å². The average Bonchev–Trinajstić information content (AvgIpc) is 3.31. The van der Waals surface area contributed by atoms with Gasteiger partial charge in [0, 0.05) is 17.4 Å². The van der Waals surface area contributed by atoms with Gasteiger partial charge in [0.25, 0.3) is 11.8 Å². The second kappa shape index (κ2) is 8.89. The Morgan fingerprint density at radius 3 is 2.46 bits per heavy atom. The van der Waals surface area contributed by atoms with Crippen molar-refractivity contribution in [3.8, 4) is 5.75 Å². The van der Waals surface area contributed by atoms with Crippen molar-refractivity contribution >= 4 is 44.8 Å². The van der Waals surface area contributed by atoms with Crippen LogP contribution in [0.15, 0.2) is 29.6 Å². The fourth-order valence-corrected chi connectivity index (χ4v) is 3.88. The van der Waals surface area contributed by atoms with E-state index in [1.807, 2.05) is 0 Å². The lowest BCUT2D eigenvalue weighted by Crippen LogP contribution is -2.14. The summed E-state index contributed by atoms with van der Waals surface area (Å²) >= 11 is 2.51. The van der Waals surface area contributed by atoms with E-state index in [0.717, 1.165) is 11.4 Å². The molecule has 0 atom stereocenters. The number of nitrogens with one attached hydrogen (secondary N) is 2. The Labute approximate surface area is 170 Å². The summed E-state index contributed by atoms with van der Waals surface area (Å²) < 4.78 is 5.07. The zero-order valence-corrected chi connectivity index (χ0v) is 17.2. The SMILES string of the molecule is COc1ccc(C(=O)Nc2nc(C(=O)Nc3nnc(CC(C)C)s3)cs2)cc1. The molecule has 1 aromatic carbocycles. The summed E-state index contributed by atoms with van der Waals surface area (Å²) in [5.41, 5.74) is 0.671. The molecule has 3 aromatic rings. The maximum Gasteiger partial charge on any atom is 0.277 e. The van der Waals surface area contributed by atoms with Gasteiger partial charge in [-0.25, -0.2) is 4.98 Å². The summed E-state index contributed by atoms with van der Waals surface area (Å²) in [5.74, 6) is 0.421. The minimum atomic E-state index is -0.395. The first kappa shape index (κ1) is 19.9. The zero-order chi connectivity index (χ0) is 20.1. The number of nitrogens with zero attached hydrogens (tertiary/aromatic N) is 3. The van der Waals surface area contributed by atoms with Crippen LogP contribution in [-0.2, 0) is 6.42 Å². The fourth-order valence-electron chi connectivity index (χ4n) is 2.24. The van der Waals surface area contributed by atoms with Crippen molar-refractivity contribution in [1.29, 1.82) is 0 Å². The number of rotatable bonds is 7. The normalized spacial score (nSPS) is 10.7. The van der Waals surface area contributed by atoms with Gasteiger partial charge in [-0.15, -0.1) is 21.5 Å². The first-order valence-electron chi connectivity index (χ1n) is 8.49. The summed E-state index contributed by atoms with van der Waals surface area (Å²) in [4.78, 5) is 28.8. The van der Waals surface area contributed by atoms with Gasteiger partial charge in [-0.05, 0) is 30.2 Å². The number of methoxy groups -OCH3 is 1. The second-order valence-electron chi connectivity index (χ2n) is 6.27. The van der Waals surface area contributed by atoms with Gasteiger partial charge in [0.05, 0.1) is 7.11 Å². The standard InChI is InChI=1S/C18H19N5O3S2/c1-10(2)8-14-22-23-18(28-14)21-16(25)13-9-27-17(19-13)20-15(24)11-4-6-12(26-3)7-5-11/h4-7,9-10H,8H2,1-3H3,(H,19,20,24)(H,21,23,25). The van der Waals surface area contributed by atoms with Crippen LogP contribution in [0, 0.1) is 5.92 Å². The van der Waals surface area contributed by atoms with E-state index >= 15 is 0 Å². The van der Waals surface area contributed by atoms with Gasteiger partial charge < -0.3 is 4.74 Å². The molecule has 0 fully saturated rings. The first-order chi connectivity index (χ1) is 13.4. The Hall–Kier alpha value is -2.85. The maximum atomic E-state index is 12.3. The van der Waals surface area contributed by atoms with E-state index in [-0.39, 0.29) is 11.6 Å². The number of hydrogen-bond donors (Lipinski definition) is 2. The third-order valence-electron chi connectivity index (χ3n) is 3.58. The van der Waals surface area contributed by atoms with Gasteiger partial charge >= 0.3 is 0 Å². The number of carbonyl (C=O) groups is 2. The lowest BCUT2D eigenvalue weighted by atomic mass is 10.1.